The minimum atomic E-state index is -0.772. The van der Waals surface area contributed by atoms with Crippen LogP contribution in [0.2, 0.25) is 0 Å². The summed E-state index contributed by atoms with van der Waals surface area (Å²) >= 11 is 3.24. The number of rotatable bonds is 6. The number of carboxylic acids is 1. The Bertz CT molecular complexity index is 351. The van der Waals surface area contributed by atoms with Gasteiger partial charge in [0.2, 0.25) is 0 Å². The fourth-order valence-corrected chi connectivity index (χ4v) is 1.94. The molecule has 0 amide bonds. The lowest BCUT2D eigenvalue weighted by Gasteiger charge is -2.25. The number of halogens is 1. The second kappa shape index (κ2) is 6.06. The van der Waals surface area contributed by atoms with Gasteiger partial charge in [0.05, 0.1) is 13.0 Å². The first-order chi connectivity index (χ1) is 7.52. The first-order valence-electron chi connectivity index (χ1n) is 5.23. The molecule has 0 spiro atoms. The van der Waals surface area contributed by atoms with Gasteiger partial charge in [-0.2, -0.15) is 0 Å². The third-order valence-corrected chi connectivity index (χ3v) is 2.91. The molecule has 0 fully saturated rings. The van der Waals surface area contributed by atoms with E-state index in [-0.39, 0.29) is 12.5 Å². The molecule has 0 bridgehead atoms. The van der Waals surface area contributed by atoms with Gasteiger partial charge in [-0.1, -0.05) is 6.92 Å². The zero-order valence-electron chi connectivity index (χ0n) is 9.44. The Balaban J connectivity index is 2.57. The highest BCUT2D eigenvalue weighted by atomic mass is 79.9. The minimum Gasteiger partial charge on any atom is -0.481 e. The lowest BCUT2D eigenvalue weighted by atomic mass is 10.2. The van der Waals surface area contributed by atoms with E-state index in [1.807, 2.05) is 26.0 Å². The summed E-state index contributed by atoms with van der Waals surface area (Å²) in [5, 5.41) is 8.74. The predicted octanol–water partition coefficient (Wildman–Crippen LogP) is 2.73. The highest BCUT2D eigenvalue weighted by Crippen LogP contribution is 2.17. The van der Waals surface area contributed by atoms with E-state index in [1.54, 1.807) is 0 Å². The maximum Gasteiger partial charge on any atom is 0.304 e. The van der Waals surface area contributed by atoms with Gasteiger partial charge in [-0.3, -0.25) is 9.69 Å². The Kier molecular flexibility index (Phi) is 5.02. The smallest absolute Gasteiger partial charge is 0.304 e. The van der Waals surface area contributed by atoms with E-state index in [0.717, 1.165) is 12.3 Å². The fourth-order valence-electron chi connectivity index (χ4n) is 1.60. The Morgan fingerprint density at radius 1 is 1.62 bits per heavy atom. The van der Waals surface area contributed by atoms with E-state index >= 15 is 0 Å². The van der Waals surface area contributed by atoms with Gasteiger partial charge in [-0.05, 0) is 41.5 Å². The molecule has 0 saturated carbocycles. The monoisotopic (exact) mass is 289 g/mol. The van der Waals surface area contributed by atoms with Crippen LogP contribution in [-0.4, -0.2) is 28.6 Å². The number of furan rings is 1. The molecule has 0 aliphatic carbocycles. The largest absolute Gasteiger partial charge is 0.481 e. The maximum absolute atomic E-state index is 10.6. The summed E-state index contributed by atoms with van der Waals surface area (Å²) in [6.07, 6.45) is 0.149. The summed E-state index contributed by atoms with van der Waals surface area (Å²) in [5.41, 5.74) is 0. The molecule has 0 aromatic carbocycles. The molecular formula is C11H16BrNO3. The molecule has 1 atom stereocenters. The molecule has 1 N–H and O–H groups in total. The molecule has 0 aliphatic rings. The van der Waals surface area contributed by atoms with Crippen molar-refractivity contribution in [3.63, 3.8) is 0 Å². The van der Waals surface area contributed by atoms with E-state index in [1.165, 1.54) is 0 Å². The van der Waals surface area contributed by atoms with Gasteiger partial charge in [-0.15, -0.1) is 0 Å². The molecule has 1 aromatic rings. The van der Waals surface area contributed by atoms with Crippen LogP contribution in [0, 0.1) is 0 Å². The van der Waals surface area contributed by atoms with Crippen LogP contribution < -0.4 is 0 Å². The van der Waals surface area contributed by atoms with E-state index in [9.17, 15) is 4.79 Å². The minimum absolute atomic E-state index is 0.00590. The fraction of sp³-hybridized carbons (Fsp3) is 0.545. The van der Waals surface area contributed by atoms with E-state index in [4.69, 9.17) is 9.52 Å². The molecule has 0 aliphatic heterocycles. The second-order valence-electron chi connectivity index (χ2n) is 3.72. The Labute approximate surface area is 103 Å². The molecule has 1 rings (SSSR count). The topological polar surface area (TPSA) is 53.7 Å². The SMILES string of the molecule is CCN(Cc1ccc(Br)o1)C(C)CC(=O)O. The van der Waals surface area contributed by atoms with Gasteiger partial charge in [-0.25, -0.2) is 0 Å². The third kappa shape index (κ3) is 3.98. The molecule has 4 nitrogen and oxygen atoms in total. The average molecular weight is 290 g/mol. The normalized spacial score (nSPS) is 13.0. The van der Waals surface area contributed by atoms with Crippen molar-refractivity contribution in [1.29, 1.82) is 0 Å². The molecular weight excluding hydrogens is 274 g/mol. The highest BCUT2D eigenvalue weighted by molar-refractivity contribution is 9.10. The summed E-state index contributed by atoms with van der Waals surface area (Å²) in [4.78, 5) is 12.7. The number of aliphatic carboxylic acids is 1. The van der Waals surface area contributed by atoms with Crippen molar-refractivity contribution < 1.29 is 14.3 Å². The summed E-state index contributed by atoms with van der Waals surface area (Å²) in [7, 11) is 0. The molecule has 1 aromatic heterocycles. The molecule has 16 heavy (non-hydrogen) atoms. The van der Waals surface area contributed by atoms with Crippen LogP contribution in [0.15, 0.2) is 21.2 Å². The number of carbonyl (C=O) groups is 1. The van der Waals surface area contributed by atoms with Gasteiger partial charge in [0.25, 0.3) is 0 Å². The Morgan fingerprint density at radius 3 is 2.75 bits per heavy atom. The van der Waals surface area contributed by atoms with E-state index < -0.39 is 5.97 Å². The molecule has 1 heterocycles. The lowest BCUT2D eigenvalue weighted by molar-refractivity contribution is -0.138. The first kappa shape index (κ1) is 13.3. The van der Waals surface area contributed by atoms with E-state index in [0.29, 0.717) is 11.2 Å². The van der Waals surface area contributed by atoms with Gasteiger partial charge in [0, 0.05) is 6.04 Å². The van der Waals surface area contributed by atoms with Crippen LogP contribution in [-0.2, 0) is 11.3 Å². The van der Waals surface area contributed by atoms with Crippen LogP contribution in [0.1, 0.15) is 26.0 Å². The van der Waals surface area contributed by atoms with Crippen LogP contribution in [0.3, 0.4) is 0 Å². The van der Waals surface area contributed by atoms with Gasteiger partial charge in [0.1, 0.15) is 5.76 Å². The van der Waals surface area contributed by atoms with Crippen molar-refractivity contribution >= 4 is 21.9 Å². The average Bonchev–Trinajstić information content (AvgIpc) is 2.59. The summed E-state index contributed by atoms with van der Waals surface area (Å²) < 4.78 is 6.10. The Morgan fingerprint density at radius 2 is 2.31 bits per heavy atom. The lowest BCUT2D eigenvalue weighted by Crippen LogP contribution is -2.33. The highest BCUT2D eigenvalue weighted by Gasteiger charge is 2.16. The van der Waals surface area contributed by atoms with Crippen LogP contribution >= 0.6 is 15.9 Å². The molecule has 1 unspecified atom stereocenters. The molecule has 0 radical (unpaired) electrons. The van der Waals surface area contributed by atoms with Gasteiger partial charge < -0.3 is 9.52 Å². The Hall–Kier alpha value is -0.810. The number of hydrogen-bond donors (Lipinski definition) is 1. The number of carboxylic acid groups (broad SMARTS) is 1. The first-order valence-corrected chi connectivity index (χ1v) is 6.02. The van der Waals surface area contributed by atoms with Crippen molar-refractivity contribution in [3.8, 4) is 0 Å². The zero-order chi connectivity index (χ0) is 12.1. The van der Waals surface area contributed by atoms with Crippen LogP contribution in [0.25, 0.3) is 0 Å². The van der Waals surface area contributed by atoms with Crippen molar-refractivity contribution in [2.24, 2.45) is 0 Å². The van der Waals surface area contributed by atoms with Crippen LogP contribution in [0.5, 0.6) is 0 Å². The summed E-state index contributed by atoms with van der Waals surface area (Å²) in [5.74, 6) is 0.0672. The molecule has 0 saturated heterocycles. The second-order valence-corrected chi connectivity index (χ2v) is 4.50. The summed E-state index contributed by atoms with van der Waals surface area (Å²) in [6, 6.07) is 3.73. The number of hydrogen-bond acceptors (Lipinski definition) is 3. The predicted molar refractivity (Wildman–Crippen MR) is 64.2 cm³/mol. The van der Waals surface area contributed by atoms with Crippen LogP contribution in [0.4, 0.5) is 0 Å². The quantitative estimate of drug-likeness (QED) is 0.875. The standard InChI is InChI=1S/C11H16BrNO3/c1-3-13(8(2)6-11(14)15)7-9-4-5-10(12)16-9/h4-5,8H,3,6-7H2,1-2H3,(H,14,15). The maximum atomic E-state index is 10.6. The van der Waals surface area contributed by atoms with Gasteiger partial charge in [0.15, 0.2) is 4.67 Å². The molecule has 5 heteroatoms. The van der Waals surface area contributed by atoms with Gasteiger partial charge >= 0.3 is 5.97 Å². The van der Waals surface area contributed by atoms with Crippen molar-refractivity contribution in [1.82, 2.24) is 4.90 Å². The van der Waals surface area contributed by atoms with E-state index in [2.05, 4.69) is 20.8 Å². The third-order valence-electron chi connectivity index (χ3n) is 2.49. The van der Waals surface area contributed by atoms with Crippen molar-refractivity contribution in [2.45, 2.75) is 32.9 Å². The summed E-state index contributed by atoms with van der Waals surface area (Å²) in [6.45, 7) is 5.36. The van der Waals surface area contributed by atoms with Crippen molar-refractivity contribution in [2.75, 3.05) is 6.54 Å². The van der Waals surface area contributed by atoms with Crippen molar-refractivity contribution in [3.05, 3.63) is 22.6 Å². The zero-order valence-corrected chi connectivity index (χ0v) is 11.0. The molecule has 90 valence electrons. The number of nitrogens with zero attached hydrogens (tertiary/aromatic N) is 1.